The summed E-state index contributed by atoms with van der Waals surface area (Å²) < 4.78 is 0. The van der Waals surface area contributed by atoms with Crippen LogP contribution in [0.2, 0.25) is 0 Å². The van der Waals surface area contributed by atoms with E-state index >= 15 is 0 Å². The first-order chi connectivity index (χ1) is 13.2. The molecule has 4 nitrogen and oxygen atoms in total. The molecule has 5 unspecified atom stereocenters. The van der Waals surface area contributed by atoms with Crippen LogP contribution in [0.1, 0.15) is 61.5 Å². The van der Waals surface area contributed by atoms with Gasteiger partial charge in [0.15, 0.2) is 5.78 Å². The fraction of sp³-hybridized carbons (Fsp3) is 0.458. The number of hydrogen-bond donors (Lipinski definition) is 3. The lowest BCUT2D eigenvalue weighted by Gasteiger charge is -2.60. The van der Waals surface area contributed by atoms with Gasteiger partial charge < -0.3 is 15.3 Å². The molecular formula is C24H28O4. The van der Waals surface area contributed by atoms with Gasteiger partial charge in [-0.05, 0) is 55.4 Å². The maximum Gasteiger partial charge on any atom is 0.166 e. The summed E-state index contributed by atoms with van der Waals surface area (Å²) >= 11 is 0. The Balaban J connectivity index is 1.92. The molecule has 0 heterocycles. The van der Waals surface area contributed by atoms with Crippen molar-refractivity contribution in [1.82, 2.24) is 0 Å². The third-order valence-electron chi connectivity index (χ3n) is 7.48. The van der Waals surface area contributed by atoms with E-state index in [9.17, 15) is 20.1 Å². The van der Waals surface area contributed by atoms with Crippen LogP contribution < -0.4 is 0 Å². The number of rotatable bonds is 2. The zero-order valence-electron chi connectivity index (χ0n) is 16.6. The fourth-order valence-electron chi connectivity index (χ4n) is 5.89. The first kappa shape index (κ1) is 19.2. The molecule has 0 aromatic heterocycles. The molecule has 2 aliphatic carbocycles. The van der Waals surface area contributed by atoms with E-state index in [4.69, 9.17) is 0 Å². The summed E-state index contributed by atoms with van der Waals surface area (Å²) in [6.45, 7) is 5.69. The first-order valence-corrected chi connectivity index (χ1v) is 10.0. The van der Waals surface area contributed by atoms with E-state index < -0.39 is 16.6 Å². The molecule has 0 amide bonds. The Hall–Kier alpha value is -2.17. The van der Waals surface area contributed by atoms with Gasteiger partial charge in [0.25, 0.3) is 0 Å². The highest BCUT2D eigenvalue weighted by atomic mass is 16.4. The second-order valence-electron chi connectivity index (χ2n) is 8.88. The van der Waals surface area contributed by atoms with E-state index in [2.05, 4.69) is 6.92 Å². The molecule has 0 spiro atoms. The van der Waals surface area contributed by atoms with Gasteiger partial charge in [-0.3, -0.25) is 4.79 Å². The summed E-state index contributed by atoms with van der Waals surface area (Å²) in [5, 5.41) is 33.2. The molecule has 4 rings (SSSR count). The van der Waals surface area contributed by atoms with Gasteiger partial charge in [-0.1, -0.05) is 50.2 Å². The van der Waals surface area contributed by atoms with Crippen molar-refractivity contribution < 1.29 is 20.1 Å². The van der Waals surface area contributed by atoms with Crippen molar-refractivity contribution in [3.8, 4) is 5.75 Å². The number of benzene rings is 2. The maximum atomic E-state index is 13.1. The molecule has 5 atom stereocenters. The lowest BCUT2D eigenvalue weighted by Crippen LogP contribution is -2.64. The fourth-order valence-corrected chi connectivity index (χ4v) is 5.89. The van der Waals surface area contributed by atoms with Crippen LogP contribution in [0.5, 0.6) is 5.75 Å². The van der Waals surface area contributed by atoms with Gasteiger partial charge in [-0.15, -0.1) is 0 Å². The highest BCUT2D eigenvalue weighted by molar-refractivity contribution is 6.01. The minimum Gasteiger partial charge on any atom is -0.508 e. The molecule has 2 aromatic carbocycles. The Morgan fingerprint density at radius 1 is 1.11 bits per heavy atom. The number of fused-ring (bicyclic) bond motifs is 3. The van der Waals surface area contributed by atoms with Crippen LogP contribution in [0.3, 0.4) is 0 Å². The molecular weight excluding hydrogens is 352 g/mol. The summed E-state index contributed by atoms with van der Waals surface area (Å²) in [7, 11) is 0. The highest BCUT2D eigenvalue weighted by Gasteiger charge is 2.63. The van der Waals surface area contributed by atoms with Gasteiger partial charge in [0, 0.05) is 16.9 Å². The average molecular weight is 380 g/mol. The third kappa shape index (κ3) is 2.41. The first-order valence-electron chi connectivity index (χ1n) is 10.0. The molecule has 2 aliphatic rings. The van der Waals surface area contributed by atoms with Crippen molar-refractivity contribution in [1.29, 1.82) is 0 Å². The second kappa shape index (κ2) is 6.16. The van der Waals surface area contributed by atoms with Crippen LogP contribution in [0, 0.1) is 11.8 Å². The smallest absolute Gasteiger partial charge is 0.166 e. The van der Waals surface area contributed by atoms with Gasteiger partial charge in [0.05, 0.1) is 5.60 Å². The van der Waals surface area contributed by atoms with Crippen molar-refractivity contribution in [2.45, 2.75) is 56.7 Å². The van der Waals surface area contributed by atoms with E-state index in [-0.39, 0.29) is 23.4 Å². The topological polar surface area (TPSA) is 77.8 Å². The second-order valence-corrected chi connectivity index (χ2v) is 8.88. The van der Waals surface area contributed by atoms with E-state index in [1.165, 1.54) is 0 Å². The van der Waals surface area contributed by atoms with E-state index in [1.807, 2.05) is 43.3 Å². The molecule has 3 N–H and O–H groups in total. The number of ketones is 1. The number of phenols is 1. The molecule has 4 heteroatoms. The number of carbonyl (C=O) groups is 1. The minimum absolute atomic E-state index is 0.00284. The van der Waals surface area contributed by atoms with Gasteiger partial charge in [0.2, 0.25) is 0 Å². The van der Waals surface area contributed by atoms with Crippen molar-refractivity contribution in [3.63, 3.8) is 0 Å². The van der Waals surface area contributed by atoms with Crippen LogP contribution in [-0.2, 0) is 11.0 Å². The molecule has 0 saturated heterocycles. The van der Waals surface area contributed by atoms with Crippen LogP contribution >= 0.6 is 0 Å². The number of phenolic OH excluding ortho intramolecular Hbond substituents is 1. The summed E-state index contributed by atoms with van der Waals surface area (Å²) in [4.78, 5) is 13.1. The molecule has 0 radical (unpaired) electrons. The molecule has 1 fully saturated rings. The number of hydrogen-bond acceptors (Lipinski definition) is 4. The predicted octanol–water partition coefficient (Wildman–Crippen LogP) is 3.92. The van der Waals surface area contributed by atoms with Gasteiger partial charge in [-0.25, -0.2) is 0 Å². The molecule has 28 heavy (non-hydrogen) atoms. The Morgan fingerprint density at radius 2 is 1.79 bits per heavy atom. The van der Waals surface area contributed by atoms with E-state index in [1.54, 1.807) is 19.1 Å². The molecule has 1 saturated carbocycles. The lowest BCUT2D eigenvalue weighted by atomic mass is 9.46. The molecule has 0 aliphatic heterocycles. The Morgan fingerprint density at radius 3 is 2.43 bits per heavy atom. The van der Waals surface area contributed by atoms with Crippen LogP contribution in [0.15, 0.2) is 48.5 Å². The molecule has 2 aromatic rings. The summed E-state index contributed by atoms with van der Waals surface area (Å²) in [6, 6.07) is 14.3. The van der Waals surface area contributed by atoms with E-state index in [0.717, 1.165) is 12.0 Å². The van der Waals surface area contributed by atoms with Gasteiger partial charge in [0.1, 0.15) is 11.4 Å². The average Bonchev–Trinajstić information content (AvgIpc) is 2.68. The van der Waals surface area contributed by atoms with Crippen LogP contribution in [0.4, 0.5) is 0 Å². The van der Waals surface area contributed by atoms with Gasteiger partial charge >= 0.3 is 0 Å². The quantitative estimate of drug-likeness (QED) is 0.738. The monoisotopic (exact) mass is 380 g/mol. The Labute approximate surface area is 165 Å². The largest absolute Gasteiger partial charge is 0.508 e. The summed E-state index contributed by atoms with van der Waals surface area (Å²) in [5.74, 6) is -0.336. The van der Waals surface area contributed by atoms with Crippen molar-refractivity contribution >= 4 is 5.78 Å². The van der Waals surface area contributed by atoms with Gasteiger partial charge in [-0.2, -0.15) is 0 Å². The van der Waals surface area contributed by atoms with Crippen molar-refractivity contribution in [3.05, 3.63) is 65.2 Å². The standard InChI is InChI=1S/C24H28O4/c1-4-23-14-22(3,27)24(28,16-8-6-5-7-9-16)13-20(23)15(2)21(26)18-12-17(25)10-11-19(18)23/h5-12,15,20,25,27-28H,4,13-14H2,1-3H3. The zero-order valence-corrected chi connectivity index (χ0v) is 16.6. The number of carbonyl (C=O) groups excluding carboxylic acids is 1. The maximum absolute atomic E-state index is 13.1. The van der Waals surface area contributed by atoms with E-state index in [0.29, 0.717) is 24.0 Å². The number of aromatic hydroxyl groups is 1. The Bertz CT molecular complexity index is 919. The zero-order chi connectivity index (χ0) is 20.3. The molecule has 148 valence electrons. The lowest BCUT2D eigenvalue weighted by molar-refractivity contribution is -0.207. The SMILES string of the molecule is CCC12CC(C)(O)C(O)(c3ccccc3)CC1C(C)C(=O)c1cc(O)ccc12. The third-order valence-corrected chi connectivity index (χ3v) is 7.48. The summed E-state index contributed by atoms with van der Waals surface area (Å²) in [6.07, 6.45) is 1.40. The molecule has 0 bridgehead atoms. The minimum atomic E-state index is -1.43. The normalized spacial score (nSPS) is 37.2. The number of Topliss-reactive ketones (excluding diaryl/α,β-unsaturated/α-hetero) is 1. The van der Waals surface area contributed by atoms with Crippen molar-refractivity contribution in [2.75, 3.05) is 0 Å². The Kier molecular flexibility index (Phi) is 4.22. The predicted molar refractivity (Wildman–Crippen MR) is 107 cm³/mol. The van der Waals surface area contributed by atoms with Crippen molar-refractivity contribution in [2.24, 2.45) is 11.8 Å². The van der Waals surface area contributed by atoms with Crippen LogP contribution in [-0.4, -0.2) is 26.7 Å². The van der Waals surface area contributed by atoms with Crippen LogP contribution in [0.25, 0.3) is 0 Å². The highest BCUT2D eigenvalue weighted by Crippen LogP contribution is 2.61. The summed E-state index contributed by atoms with van der Waals surface area (Å²) in [5.41, 5.74) is -1.11. The number of aliphatic hydroxyl groups is 2.